The molecular formula is C11H10N6S. The van der Waals surface area contributed by atoms with Crippen molar-refractivity contribution in [2.75, 3.05) is 5.32 Å². The van der Waals surface area contributed by atoms with Crippen LogP contribution in [0.15, 0.2) is 42.2 Å². The van der Waals surface area contributed by atoms with Crippen LogP contribution < -0.4 is 5.32 Å². The molecule has 0 saturated carbocycles. The standard InChI is InChI=1S/C11H10N6S/c1-2-9(13-7-11-12-4-5-18-11)6-10(3-1)17-8-14-15-16-17/h1-6,8,13H,7H2. The van der Waals surface area contributed by atoms with Gasteiger partial charge < -0.3 is 5.32 Å². The van der Waals surface area contributed by atoms with Gasteiger partial charge in [-0.1, -0.05) is 6.07 Å². The molecule has 0 saturated heterocycles. The number of hydrogen-bond acceptors (Lipinski definition) is 6. The summed E-state index contributed by atoms with van der Waals surface area (Å²) in [6, 6.07) is 7.90. The number of rotatable bonds is 4. The first-order valence-electron chi connectivity index (χ1n) is 5.37. The first-order chi connectivity index (χ1) is 8.92. The number of anilines is 1. The molecule has 6 nitrogen and oxygen atoms in total. The molecule has 0 amide bonds. The maximum absolute atomic E-state index is 4.22. The highest BCUT2D eigenvalue weighted by Gasteiger charge is 2.00. The van der Waals surface area contributed by atoms with Crippen LogP contribution in [0.25, 0.3) is 5.69 Å². The van der Waals surface area contributed by atoms with Crippen LogP contribution in [0.2, 0.25) is 0 Å². The average molecular weight is 258 g/mol. The van der Waals surface area contributed by atoms with Crippen LogP contribution in [0.4, 0.5) is 5.69 Å². The molecule has 0 atom stereocenters. The monoisotopic (exact) mass is 258 g/mol. The molecule has 3 rings (SSSR count). The highest BCUT2D eigenvalue weighted by atomic mass is 32.1. The van der Waals surface area contributed by atoms with Gasteiger partial charge in [0.05, 0.1) is 12.2 Å². The van der Waals surface area contributed by atoms with Crippen molar-refractivity contribution in [1.29, 1.82) is 0 Å². The molecule has 90 valence electrons. The van der Waals surface area contributed by atoms with Gasteiger partial charge in [0.2, 0.25) is 0 Å². The van der Waals surface area contributed by atoms with E-state index in [1.54, 1.807) is 28.5 Å². The minimum atomic E-state index is 0.719. The number of tetrazole rings is 1. The number of aromatic nitrogens is 5. The van der Waals surface area contributed by atoms with E-state index in [9.17, 15) is 0 Å². The van der Waals surface area contributed by atoms with Gasteiger partial charge in [0.15, 0.2) is 0 Å². The van der Waals surface area contributed by atoms with Crippen molar-refractivity contribution in [2.45, 2.75) is 6.54 Å². The normalized spacial score (nSPS) is 10.4. The topological polar surface area (TPSA) is 68.5 Å². The Hall–Kier alpha value is -2.28. The Bertz CT molecular complexity index is 604. The second-order valence-electron chi connectivity index (χ2n) is 3.58. The lowest BCUT2D eigenvalue weighted by molar-refractivity contribution is 0.789. The van der Waals surface area contributed by atoms with Crippen LogP contribution in [0.3, 0.4) is 0 Å². The highest BCUT2D eigenvalue weighted by Crippen LogP contribution is 2.15. The summed E-state index contributed by atoms with van der Waals surface area (Å²) >= 11 is 1.63. The van der Waals surface area contributed by atoms with Crippen molar-refractivity contribution in [3.63, 3.8) is 0 Å². The lowest BCUT2D eigenvalue weighted by Crippen LogP contribution is -2.00. The minimum absolute atomic E-state index is 0.719. The Morgan fingerprint density at radius 1 is 1.33 bits per heavy atom. The molecule has 3 aromatic rings. The van der Waals surface area contributed by atoms with Crippen molar-refractivity contribution < 1.29 is 0 Å². The summed E-state index contributed by atoms with van der Waals surface area (Å²) in [6.07, 6.45) is 3.37. The van der Waals surface area contributed by atoms with E-state index < -0.39 is 0 Å². The summed E-state index contributed by atoms with van der Waals surface area (Å²) in [7, 11) is 0. The van der Waals surface area contributed by atoms with E-state index in [2.05, 4.69) is 25.8 Å². The smallest absolute Gasteiger partial charge is 0.143 e. The van der Waals surface area contributed by atoms with Crippen LogP contribution in [0.5, 0.6) is 0 Å². The van der Waals surface area contributed by atoms with E-state index in [-0.39, 0.29) is 0 Å². The van der Waals surface area contributed by atoms with Crippen LogP contribution >= 0.6 is 11.3 Å². The van der Waals surface area contributed by atoms with Crippen LogP contribution in [0, 0.1) is 0 Å². The van der Waals surface area contributed by atoms with Gasteiger partial charge in [-0.3, -0.25) is 0 Å². The molecule has 1 aromatic carbocycles. The van der Waals surface area contributed by atoms with Gasteiger partial charge in [-0.25, -0.2) is 9.67 Å². The van der Waals surface area contributed by atoms with Gasteiger partial charge in [-0.2, -0.15) is 0 Å². The van der Waals surface area contributed by atoms with Crippen molar-refractivity contribution >= 4 is 17.0 Å². The maximum Gasteiger partial charge on any atom is 0.143 e. The molecule has 0 aliphatic carbocycles. The lowest BCUT2D eigenvalue weighted by atomic mass is 10.3. The zero-order chi connectivity index (χ0) is 12.2. The molecule has 0 fully saturated rings. The summed E-state index contributed by atoms with van der Waals surface area (Å²) in [5, 5.41) is 17.4. The third-order valence-electron chi connectivity index (χ3n) is 2.39. The first-order valence-corrected chi connectivity index (χ1v) is 6.25. The Morgan fingerprint density at radius 2 is 2.33 bits per heavy atom. The number of thiazole rings is 1. The van der Waals surface area contributed by atoms with Gasteiger partial charge in [-0.15, -0.1) is 16.4 Å². The predicted molar refractivity (Wildman–Crippen MR) is 68.6 cm³/mol. The zero-order valence-electron chi connectivity index (χ0n) is 9.39. The number of benzene rings is 1. The maximum atomic E-state index is 4.22. The lowest BCUT2D eigenvalue weighted by Gasteiger charge is -2.06. The number of nitrogens with one attached hydrogen (secondary N) is 1. The van der Waals surface area contributed by atoms with E-state index in [0.29, 0.717) is 0 Å². The summed E-state index contributed by atoms with van der Waals surface area (Å²) in [4.78, 5) is 4.22. The molecule has 1 N–H and O–H groups in total. The van der Waals surface area contributed by atoms with Crippen molar-refractivity contribution in [1.82, 2.24) is 25.2 Å². The fraction of sp³-hybridized carbons (Fsp3) is 0.0909. The van der Waals surface area contributed by atoms with E-state index in [1.807, 2.05) is 29.6 Å². The van der Waals surface area contributed by atoms with Gasteiger partial charge in [0, 0.05) is 17.3 Å². The number of hydrogen-bond donors (Lipinski definition) is 1. The molecule has 0 unspecified atom stereocenters. The Morgan fingerprint density at radius 3 is 3.11 bits per heavy atom. The third kappa shape index (κ3) is 2.35. The van der Waals surface area contributed by atoms with Gasteiger partial charge in [0.25, 0.3) is 0 Å². The van der Waals surface area contributed by atoms with E-state index in [1.165, 1.54) is 0 Å². The Balaban J connectivity index is 1.75. The SMILES string of the molecule is c1cc(NCc2nccs2)cc(-n2cnnn2)c1. The quantitative estimate of drug-likeness (QED) is 0.772. The third-order valence-corrected chi connectivity index (χ3v) is 3.17. The second kappa shape index (κ2) is 4.92. The highest BCUT2D eigenvalue weighted by molar-refractivity contribution is 7.09. The molecule has 0 bridgehead atoms. The summed E-state index contributed by atoms with van der Waals surface area (Å²) in [6.45, 7) is 0.719. The fourth-order valence-corrected chi connectivity index (χ4v) is 2.11. The molecule has 2 aromatic heterocycles. The molecular weight excluding hydrogens is 248 g/mol. The number of nitrogens with zero attached hydrogens (tertiary/aromatic N) is 5. The Kier molecular flexibility index (Phi) is 2.97. The van der Waals surface area contributed by atoms with Crippen LogP contribution in [-0.2, 0) is 6.54 Å². The molecule has 0 radical (unpaired) electrons. The molecule has 0 spiro atoms. The first kappa shape index (κ1) is 10.8. The predicted octanol–water partition coefficient (Wildman–Crippen LogP) is 1.73. The summed E-state index contributed by atoms with van der Waals surface area (Å²) in [5.41, 5.74) is 1.93. The molecule has 0 aliphatic heterocycles. The zero-order valence-corrected chi connectivity index (χ0v) is 10.2. The van der Waals surface area contributed by atoms with Crippen molar-refractivity contribution in [3.05, 3.63) is 47.2 Å². The van der Waals surface area contributed by atoms with Crippen LogP contribution in [0.1, 0.15) is 5.01 Å². The molecule has 0 aliphatic rings. The fourth-order valence-electron chi connectivity index (χ4n) is 1.56. The Labute approximate surface area is 107 Å². The van der Waals surface area contributed by atoms with Gasteiger partial charge in [-0.05, 0) is 28.6 Å². The average Bonchev–Trinajstić information content (AvgIpc) is 3.10. The molecule has 18 heavy (non-hydrogen) atoms. The van der Waals surface area contributed by atoms with Gasteiger partial charge in [0.1, 0.15) is 11.3 Å². The molecule has 2 heterocycles. The van der Waals surface area contributed by atoms with Crippen molar-refractivity contribution in [3.8, 4) is 5.69 Å². The largest absolute Gasteiger partial charge is 0.378 e. The summed E-state index contributed by atoms with van der Waals surface area (Å²) < 4.78 is 1.62. The van der Waals surface area contributed by atoms with E-state index in [4.69, 9.17) is 0 Å². The summed E-state index contributed by atoms with van der Waals surface area (Å²) in [5.74, 6) is 0. The van der Waals surface area contributed by atoms with Crippen molar-refractivity contribution in [2.24, 2.45) is 0 Å². The molecule has 7 heteroatoms. The second-order valence-corrected chi connectivity index (χ2v) is 4.56. The van der Waals surface area contributed by atoms with E-state index >= 15 is 0 Å². The van der Waals surface area contributed by atoms with Crippen LogP contribution in [-0.4, -0.2) is 25.2 Å². The van der Waals surface area contributed by atoms with E-state index in [0.717, 1.165) is 22.9 Å². The minimum Gasteiger partial charge on any atom is -0.378 e. The van der Waals surface area contributed by atoms with Gasteiger partial charge >= 0.3 is 0 Å².